The number of nitro benzene ring substituents is 1. The van der Waals surface area contributed by atoms with E-state index in [1.165, 1.54) is 18.2 Å². The number of carbonyl (C=O) groups is 2. The van der Waals surface area contributed by atoms with Crippen LogP contribution in [0.3, 0.4) is 0 Å². The molecule has 0 bridgehead atoms. The first kappa shape index (κ1) is 13.6. The molecule has 108 valence electrons. The molecule has 0 fully saturated rings. The van der Waals surface area contributed by atoms with Gasteiger partial charge in [0.1, 0.15) is 0 Å². The second-order valence-corrected chi connectivity index (χ2v) is 4.57. The molecule has 2 aromatic carbocycles. The predicted octanol–water partition coefficient (Wildman–Crippen LogP) is 2.47. The standard InChI is InChI=1S/C14H6N2O6/c17-12-6-3-1-2-4-7(6)13(18)10-8(12)5-9(16(21)22)11(15-20)14(10)19/h1-5,19H. The van der Waals surface area contributed by atoms with E-state index >= 15 is 0 Å². The number of aromatic hydroxyl groups is 1. The van der Waals surface area contributed by atoms with Crippen molar-refractivity contribution in [2.45, 2.75) is 0 Å². The lowest BCUT2D eigenvalue weighted by atomic mass is 9.83. The Bertz CT molecular complexity index is 887. The highest BCUT2D eigenvalue weighted by molar-refractivity contribution is 6.30. The molecule has 0 aromatic heterocycles. The van der Waals surface area contributed by atoms with Crippen molar-refractivity contribution in [2.75, 3.05) is 0 Å². The number of hydrogen-bond donors (Lipinski definition) is 1. The molecule has 0 saturated carbocycles. The minimum atomic E-state index is -0.952. The highest BCUT2D eigenvalue weighted by atomic mass is 16.6. The summed E-state index contributed by atoms with van der Waals surface area (Å²) in [6.07, 6.45) is 0. The number of phenols is 1. The summed E-state index contributed by atoms with van der Waals surface area (Å²) in [5.74, 6) is -2.28. The minimum Gasteiger partial charge on any atom is -0.505 e. The second kappa shape index (κ2) is 4.55. The number of hydrogen-bond acceptors (Lipinski definition) is 7. The summed E-state index contributed by atoms with van der Waals surface area (Å²) in [5.41, 5.74) is -2.32. The van der Waals surface area contributed by atoms with Crippen molar-refractivity contribution in [3.8, 4) is 5.75 Å². The van der Waals surface area contributed by atoms with Crippen molar-refractivity contribution in [1.82, 2.24) is 0 Å². The Morgan fingerprint density at radius 1 is 1.05 bits per heavy atom. The lowest BCUT2D eigenvalue weighted by Gasteiger charge is -2.18. The number of fused-ring (bicyclic) bond motifs is 2. The number of nitroso groups, excluding NO2 is 1. The Hall–Kier alpha value is -3.42. The molecule has 0 radical (unpaired) electrons. The minimum absolute atomic E-state index is 0.0565. The third-order valence-electron chi connectivity index (χ3n) is 3.43. The lowest BCUT2D eigenvalue weighted by Crippen LogP contribution is -2.21. The molecular formula is C14H6N2O6. The van der Waals surface area contributed by atoms with E-state index in [4.69, 9.17) is 0 Å². The Balaban J connectivity index is 2.41. The highest BCUT2D eigenvalue weighted by Gasteiger charge is 2.37. The molecule has 22 heavy (non-hydrogen) atoms. The zero-order valence-corrected chi connectivity index (χ0v) is 10.8. The number of carbonyl (C=O) groups excluding carboxylic acids is 2. The molecule has 0 unspecified atom stereocenters. The highest BCUT2D eigenvalue weighted by Crippen LogP contribution is 2.44. The van der Waals surface area contributed by atoms with Crippen molar-refractivity contribution in [1.29, 1.82) is 0 Å². The molecule has 0 aliphatic heterocycles. The van der Waals surface area contributed by atoms with Crippen LogP contribution in [-0.2, 0) is 0 Å². The first-order valence-corrected chi connectivity index (χ1v) is 6.03. The van der Waals surface area contributed by atoms with E-state index in [1.807, 2.05) is 0 Å². The van der Waals surface area contributed by atoms with Gasteiger partial charge < -0.3 is 5.11 Å². The monoisotopic (exact) mass is 298 g/mol. The van der Waals surface area contributed by atoms with Crippen LogP contribution in [0.2, 0.25) is 0 Å². The molecule has 8 heteroatoms. The molecular weight excluding hydrogens is 292 g/mol. The molecule has 0 spiro atoms. The van der Waals surface area contributed by atoms with Gasteiger partial charge in [-0.1, -0.05) is 24.3 Å². The SMILES string of the molecule is O=Nc1c([N+](=O)[O-])cc2c(c1O)C(=O)c1ccccc1C2=O. The molecule has 3 rings (SSSR count). The van der Waals surface area contributed by atoms with E-state index in [0.717, 1.165) is 6.07 Å². The zero-order chi connectivity index (χ0) is 16.0. The smallest absolute Gasteiger partial charge is 0.303 e. The topological polar surface area (TPSA) is 127 Å². The molecule has 1 N–H and O–H groups in total. The van der Waals surface area contributed by atoms with Gasteiger partial charge in [-0.3, -0.25) is 19.7 Å². The average Bonchev–Trinajstić information content (AvgIpc) is 2.51. The maximum absolute atomic E-state index is 12.4. The van der Waals surface area contributed by atoms with Gasteiger partial charge in [0.2, 0.25) is 5.69 Å². The summed E-state index contributed by atoms with van der Waals surface area (Å²) in [4.78, 5) is 45.5. The van der Waals surface area contributed by atoms with E-state index in [9.17, 15) is 29.7 Å². The molecule has 8 nitrogen and oxygen atoms in total. The van der Waals surface area contributed by atoms with Gasteiger partial charge in [-0.15, -0.1) is 4.91 Å². The van der Waals surface area contributed by atoms with E-state index in [0.29, 0.717) is 0 Å². The number of nitro groups is 1. The quantitative estimate of drug-likeness (QED) is 0.440. The van der Waals surface area contributed by atoms with E-state index in [-0.39, 0.29) is 16.7 Å². The summed E-state index contributed by atoms with van der Waals surface area (Å²) in [5, 5.41) is 23.4. The van der Waals surface area contributed by atoms with Crippen LogP contribution in [0.4, 0.5) is 11.4 Å². The fraction of sp³-hybridized carbons (Fsp3) is 0. The Labute approximate surface area is 122 Å². The van der Waals surface area contributed by atoms with Crippen LogP contribution in [0.15, 0.2) is 35.5 Å². The summed E-state index contributed by atoms with van der Waals surface area (Å²) in [6.45, 7) is 0. The van der Waals surface area contributed by atoms with Crippen LogP contribution < -0.4 is 0 Å². The Kier molecular flexibility index (Phi) is 2.81. The van der Waals surface area contributed by atoms with Crippen molar-refractivity contribution in [3.63, 3.8) is 0 Å². The molecule has 1 aliphatic rings. The van der Waals surface area contributed by atoms with Gasteiger partial charge in [0.25, 0.3) is 0 Å². The van der Waals surface area contributed by atoms with Gasteiger partial charge >= 0.3 is 5.69 Å². The fourth-order valence-corrected chi connectivity index (χ4v) is 2.44. The molecule has 1 aliphatic carbocycles. The van der Waals surface area contributed by atoms with E-state index < -0.39 is 39.2 Å². The van der Waals surface area contributed by atoms with Gasteiger partial charge in [0.05, 0.1) is 10.5 Å². The average molecular weight is 298 g/mol. The first-order valence-electron chi connectivity index (χ1n) is 6.03. The second-order valence-electron chi connectivity index (χ2n) is 4.57. The summed E-state index contributed by atoms with van der Waals surface area (Å²) in [6, 6.07) is 6.68. The summed E-state index contributed by atoms with van der Waals surface area (Å²) < 4.78 is 0. The number of benzene rings is 2. The molecule has 0 saturated heterocycles. The number of rotatable bonds is 2. The predicted molar refractivity (Wildman–Crippen MR) is 73.5 cm³/mol. The lowest BCUT2D eigenvalue weighted by molar-refractivity contribution is -0.384. The first-order chi connectivity index (χ1) is 10.5. The summed E-state index contributed by atoms with van der Waals surface area (Å²) in [7, 11) is 0. The fourth-order valence-electron chi connectivity index (χ4n) is 2.44. The maximum atomic E-state index is 12.4. The van der Waals surface area contributed by atoms with Gasteiger partial charge in [-0.05, 0) is 5.18 Å². The van der Waals surface area contributed by atoms with Crippen molar-refractivity contribution >= 4 is 22.9 Å². The number of phenolic OH excluding ortho intramolecular Hbond substituents is 1. The third kappa shape index (κ3) is 1.64. The van der Waals surface area contributed by atoms with Gasteiger partial charge in [-0.25, -0.2) is 0 Å². The van der Waals surface area contributed by atoms with Crippen LogP contribution in [0.1, 0.15) is 31.8 Å². The molecule has 2 aromatic rings. The normalized spacial score (nSPS) is 12.5. The third-order valence-corrected chi connectivity index (χ3v) is 3.43. The Morgan fingerprint density at radius 2 is 1.64 bits per heavy atom. The maximum Gasteiger partial charge on any atom is 0.303 e. The van der Waals surface area contributed by atoms with Crippen LogP contribution >= 0.6 is 0 Å². The van der Waals surface area contributed by atoms with E-state index in [2.05, 4.69) is 5.18 Å². The van der Waals surface area contributed by atoms with Crippen LogP contribution in [0.5, 0.6) is 5.75 Å². The largest absolute Gasteiger partial charge is 0.505 e. The van der Waals surface area contributed by atoms with Crippen LogP contribution in [0.25, 0.3) is 0 Å². The van der Waals surface area contributed by atoms with Crippen molar-refractivity contribution in [3.05, 3.63) is 67.6 Å². The van der Waals surface area contributed by atoms with Crippen LogP contribution in [-0.4, -0.2) is 21.6 Å². The molecule has 0 amide bonds. The van der Waals surface area contributed by atoms with E-state index in [1.54, 1.807) is 6.07 Å². The van der Waals surface area contributed by atoms with Gasteiger partial charge in [0, 0.05) is 22.8 Å². The van der Waals surface area contributed by atoms with Gasteiger partial charge in [-0.2, -0.15) is 0 Å². The Morgan fingerprint density at radius 3 is 2.18 bits per heavy atom. The number of nitrogens with zero attached hydrogens (tertiary/aromatic N) is 2. The summed E-state index contributed by atoms with van der Waals surface area (Å²) >= 11 is 0. The molecule has 0 heterocycles. The van der Waals surface area contributed by atoms with Crippen molar-refractivity contribution in [2.24, 2.45) is 5.18 Å². The van der Waals surface area contributed by atoms with Gasteiger partial charge in [0.15, 0.2) is 17.3 Å². The number of ketones is 2. The zero-order valence-electron chi connectivity index (χ0n) is 10.8. The van der Waals surface area contributed by atoms with Crippen LogP contribution in [0, 0.1) is 15.0 Å². The van der Waals surface area contributed by atoms with Crippen molar-refractivity contribution < 1.29 is 19.6 Å². The molecule has 0 atom stereocenters.